The van der Waals surface area contributed by atoms with E-state index in [0.717, 1.165) is 40.8 Å². The van der Waals surface area contributed by atoms with Crippen LogP contribution in [0.4, 0.5) is 13.2 Å². The number of nitrogens with zero attached hydrogens (tertiary/aromatic N) is 4. The number of nitrogens with two attached hydrogens (primary N) is 1. The summed E-state index contributed by atoms with van der Waals surface area (Å²) in [7, 11) is 0. The van der Waals surface area contributed by atoms with Crippen LogP contribution in [0.3, 0.4) is 0 Å². The molecule has 1 aliphatic carbocycles. The van der Waals surface area contributed by atoms with Crippen molar-refractivity contribution in [1.29, 1.82) is 0 Å². The standard InChI is InChI=1S/C38H44F3N5O4/c1-37(2,3)35(36-43-30(28-21-26(40)11-12-29(28)41)24-44(36)23-25-9-5-4-6-10-25)45(20-17-27(42)22-39)32(48)14-13-31(47)38(18-7-8-19-38)46-33(49)15-16-34(46)50/h4-6,9-12,15-16,21,24,27,35H,7-8,13-14,17-20,22-23,42H2,1-3H3/t27-,35-/m0/s1. The molecule has 266 valence electrons. The summed E-state index contributed by atoms with van der Waals surface area (Å²) in [5, 5.41) is 0. The lowest BCUT2D eigenvalue weighted by molar-refractivity contribution is -0.151. The Hall–Kier alpha value is -4.58. The lowest BCUT2D eigenvalue weighted by atomic mass is 9.83. The number of alkyl halides is 1. The maximum absolute atomic E-state index is 15.1. The van der Waals surface area contributed by atoms with E-state index < -0.39 is 59.1 Å². The molecule has 0 saturated heterocycles. The van der Waals surface area contributed by atoms with E-state index in [4.69, 9.17) is 10.7 Å². The van der Waals surface area contributed by atoms with E-state index in [9.17, 15) is 28.0 Å². The van der Waals surface area contributed by atoms with E-state index in [2.05, 4.69) is 0 Å². The second-order valence-corrected chi connectivity index (χ2v) is 14.3. The van der Waals surface area contributed by atoms with Crippen molar-refractivity contribution in [1.82, 2.24) is 19.4 Å². The van der Waals surface area contributed by atoms with Crippen LogP contribution in [-0.4, -0.2) is 67.7 Å². The number of benzene rings is 2. The second kappa shape index (κ2) is 15.1. The number of rotatable bonds is 14. The smallest absolute Gasteiger partial charge is 0.254 e. The molecule has 2 aliphatic rings. The Bertz CT molecular complexity index is 1740. The molecule has 2 aromatic carbocycles. The van der Waals surface area contributed by atoms with Gasteiger partial charge in [-0.25, -0.2) is 18.2 Å². The van der Waals surface area contributed by atoms with Crippen LogP contribution in [0.25, 0.3) is 11.3 Å². The van der Waals surface area contributed by atoms with Crippen molar-refractivity contribution in [2.24, 2.45) is 11.1 Å². The van der Waals surface area contributed by atoms with Gasteiger partial charge in [-0.1, -0.05) is 63.9 Å². The summed E-state index contributed by atoms with van der Waals surface area (Å²) in [6.07, 6.45) is 5.56. The minimum atomic E-state index is -1.31. The van der Waals surface area contributed by atoms with Gasteiger partial charge in [-0.2, -0.15) is 0 Å². The topological polar surface area (TPSA) is 119 Å². The van der Waals surface area contributed by atoms with Gasteiger partial charge < -0.3 is 15.2 Å². The zero-order chi connectivity index (χ0) is 36.2. The molecule has 12 heteroatoms. The Morgan fingerprint density at radius 3 is 2.28 bits per heavy atom. The third-order valence-corrected chi connectivity index (χ3v) is 9.60. The van der Waals surface area contributed by atoms with Crippen LogP contribution in [-0.2, 0) is 25.7 Å². The summed E-state index contributed by atoms with van der Waals surface area (Å²) in [6.45, 7) is 5.25. The summed E-state index contributed by atoms with van der Waals surface area (Å²) in [6, 6.07) is 11.0. The highest BCUT2D eigenvalue weighted by Gasteiger charge is 2.51. The van der Waals surface area contributed by atoms with Gasteiger partial charge in [-0.3, -0.25) is 24.1 Å². The van der Waals surface area contributed by atoms with E-state index in [1.165, 1.54) is 0 Å². The van der Waals surface area contributed by atoms with Gasteiger partial charge in [0.05, 0.1) is 11.7 Å². The van der Waals surface area contributed by atoms with Gasteiger partial charge in [0.25, 0.3) is 11.8 Å². The highest BCUT2D eigenvalue weighted by Crippen LogP contribution is 2.42. The first-order chi connectivity index (χ1) is 23.7. The van der Waals surface area contributed by atoms with Crippen molar-refractivity contribution in [3.8, 4) is 11.3 Å². The fourth-order valence-corrected chi connectivity index (χ4v) is 7.16. The Balaban J connectivity index is 1.53. The van der Waals surface area contributed by atoms with E-state index in [1.54, 1.807) is 15.7 Å². The van der Waals surface area contributed by atoms with Crippen molar-refractivity contribution < 1.29 is 32.3 Å². The van der Waals surface area contributed by atoms with Gasteiger partial charge in [-0.15, -0.1) is 0 Å². The van der Waals surface area contributed by atoms with E-state index in [-0.39, 0.29) is 42.8 Å². The fourth-order valence-electron chi connectivity index (χ4n) is 7.16. The van der Waals surface area contributed by atoms with Gasteiger partial charge in [-0.05, 0) is 48.4 Å². The minimum absolute atomic E-state index is 0.0278. The molecule has 50 heavy (non-hydrogen) atoms. The third kappa shape index (κ3) is 7.75. The second-order valence-electron chi connectivity index (χ2n) is 14.3. The number of Topliss-reactive ketones (excluding diaryl/α,β-unsaturated/α-hetero) is 1. The first-order valence-electron chi connectivity index (χ1n) is 17.0. The molecule has 3 amide bonds. The Labute approximate surface area is 290 Å². The van der Waals surface area contributed by atoms with Crippen LogP contribution >= 0.6 is 0 Å². The van der Waals surface area contributed by atoms with Crippen LogP contribution in [0.5, 0.6) is 0 Å². The summed E-state index contributed by atoms with van der Waals surface area (Å²) in [4.78, 5) is 61.0. The Morgan fingerprint density at radius 1 is 1.00 bits per heavy atom. The summed E-state index contributed by atoms with van der Waals surface area (Å²) < 4.78 is 44.8. The normalized spacial score (nSPS) is 17.0. The number of imidazole rings is 1. The number of halogens is 3. The van der Waals surface area contributed by atoms with Gasteiger partial charge in [0.15, 0.2) is 5.78 Å². The molecule has 2 N–H and O–H groups in total. The van der Waals surface area contributed by atoms with E-state index in [1.807, 2.05) is 51.1 Å². The number of carbonyl (C=O) groups excluding carboxylic acids is 4. The average Bonchev–Trinajstić information content (AvgIpc) is 3.81. The highest BCUT2D eigenvalue weighted by atomic mass is 19.1. The summed E-state index contributed by atoms with van der Waals surface area (Å²) in [5.74, 6) is -2.79. The Morgan fingerprint density at radius 2 is 1.66 bits per heavy atom. The van der Waals surface area contributed by atoms with Crippen molar-refractivity contribution in [3.05, 3.63) is 89.9 Å². The quantitative estimate of drug-likeness (QED) is 0.205. The number of hydrogen-bond acceptors (Lipinski definition) is 6. The number of aromatic nitrogens is 2. The number of hydrogen-bond donors (Lipinski definition) is 1. The number of imide groups is 1. The molecular weight excluding hydrogens is 647 g/mol. The van der Waals surface area contributed by atoms with Crippen LogP contribution in [0.15, 0.2) is 66.9 Å². The molecule has 1 saturated carbocycles. The predicted octanol–water partition coefficient (Wildman–Crippen LogP) is 6.07. The first-order valence-corrected chi connectivity index (χ1v) is 17.0. The van der Waals surface area contributed by atoms with Gasteiger partial charge in [0.2, 0.25) is 5.91 Å². The average molecular weight is 692 g/mol. The third-order valence-electron chi connectivity index (χ3n) is 9.60. The monoisotopic (exact) mass is 691 g/mol. The highest BCUT2D eigenvalue weighted by molar-refractivity contribution is 6.16. The maximum Gasteiger partial charge on any atom is 0.254 e. The number of carbonyl (C=O) groups is 4. The molecule has 0 spiro atoms. The van der Waals surface area contributed by atoms with Gasteiger partial charge in [0.1, 0.15) is 29.7 Å². The van der Waals surface area contributed by atoms with Crippen LogP contribution < -0.4 is 5.73 Å². The van der Waals surface area contributed by atoms with Crippen LogP contribution in [0.2, 0.25) is 0 Å². The van der Waals surface area contributed by atoms with E-state index >= 15 is 4.39 Å². The number of amides is 3. The SMILES string of the molecule is CC(C)(C)[C@H](c1nc(-c2cc(F)ccc2F)cn1Cc1ccccc1)N(CC[C@H](N)CF)C(=O)CCC(=O)C1(N2C(=O)C=CC2=O)CCCC1. The van der Waals surface area contributed by atoms with Crippen molar-refractivity contribution in [2.75, 3.05) is 13.2 Å². The molecule has 1 aromatic heterocycles. The largest absolute Gasteiger partial charge is 0.332 e. The molecule has 0 radical (unpaired) electrons. The van der Waals surface area contributed by atoms with E-state index in [0.29, 0.717) is 38.1 Å². The van der Waals surface area contributed by atoms with Crippen LogP contribution in [0, 0.1) is 17.0 Å². The molecule has 2 heterocycles. The summed E-state index contributed by atoms with van der Waals surface area (Å²) in [5.41, 5.74) is 5.00. The molecular formula is C38H44F3N5O4. The molecule has 1 aliphatic heterocycles. The zero-order valence-electron chi connectivity index (χ0n) is 28.7. The first kappa shape index (κ1) is 36.7. The minimum Gasteiger partial charge on any atom is -0.332 e. The molecule has 9 nitrogen and oxygen atoms in total. The molecule has 0 bridgehead atoms. The van der Waals surface area contributed by atoms with Crippen molar-refractivity contribution in [2.45, 2.75) is 89.9 Å². The van der Waals surface area contributed by atoms with Crippen molar-refractivity contribution in [3.63, 3.8) is 0 Å². The zero-order valence-corrected chi connectivity index (χ0v) is 28.7. The molecule has 0 unspecified atom stereocenters. The Kier molecular flexibility index (Phi) is 11.1. The van der Waals surface area contributed by atoms with Crippen LogP contribution in [0.1, 0.15) is 83.1 Å². The molecule has 2 atom stereocenters. The lowest BCUT2D eigenvalue weighted by Crippen LogP contribution is -2.55. The predicted molar refractivity (Wildman–Crippen MR) is 182 cm³/mol. The maximum atomic E-state index is 15.1. The molecule has 3 aromatic rings. The van der Waals surface area contributed by atoms with Gasteiger partial charge >= 0.3 is 0 Å². The van der Waals surface area contributed by atoms with Gasteiger partial charge in [0, 0.05) is 55.9 Å². The lowest BCUT2D eigenvalue weighted by Gasteiger charge is -2.41. The molecule has 5 rings (SSSR count). The van der Waals surface area contributed by atoms with Crippen molar-refractivity contribution >= 4 is 23.5 Å². The molecule has 1 fully saturated rings. The fraction of sp³-hybridized carbons (Fsp3) is 0.447. The summed E-state index contributed by atoms with van der Waals surface area (Å²) >= 11 is 0. The number of ketones is 1.